The first-order valence-electron chi connectivity index (χ1n) is 9.50. The van der Waals surface area contributed by atoms with E-state index in [2.05, 4.69) is 10.6 Å². The molecule has 1 spiro atoms. The summed E-state index contributed by atoms with van der Waals surface area (Å²) < 4.78 is 39.7. The van der Waals surface area contributed by atoms with E-state index in [4.69, 9.17) is 0 Å². The van der Waals surface area contributed by atoms with E-state index in [1.807, 2.05) is 12.2 Å². The fourth-order valence-electron chi connectivity index (χ4n) is 3.83. The molecule has 2 atom stereocenters. The molecular formula is C19H21F3N4O4. The predicted octanol–water partition coefficient (Wildman–Crippen LogP) is 1.66. The van der Waals surface area contributed by atoms with Crippen LogP contribution >= 0.6 is 0 Å². The lowest BCUT2D eigenvalue weighted by atomic mass is 9.73. The fourth-order valence-corrected chi connectivity index (χ4v) is 3.83. The van der Waals surface area contributed by atoms with Gasteiger partial charge >= 0.3 is 6.03 Å². The van der Waals surface area contributed by atoms with Gasteiger partial charge in [-0.15, -0.1) is 0 Å². The Hall–Kier alpha value is -3.11. The lowest BCUT2D eigenvalue weighted by Gasteiger charge is -2.36. The maximum atomic E-state index is 13.6. The Morgan fingerprint density at radius 1 is 1.17 bits per heavy atom. The second-order valence-electron chi connectivity index (χ2n) is 7.49. The smallest absolute Gasteiger partial charge is 0.325 e. The highest BCUT2D eigenvalue weighted by atomic mass is 19.2. The Kier molecular flexibility index (Phi) is 5.99. The molecule has 2 aliphatic rings. The van der Waals surface area contributed by atoms with Crippen LogP contribution in [0.1, 0.15) is 32.6 Å². The molecule has 0 aromatic heterocycles. The maximum Gasteiger partial charge on any atom is 0.325 e. The number of amides is 5. The highest BCUT2D eigenvalue weighted by Gasteiger charge is 2.55. The van der Waals surface area contributed by atoms with Gasteiger partial charge in [-0.2, -0.15) is 0 Å². The number of halogens is 3. The topological polar surface area (TPSA) is 108 Å². The van der Waals surface area contributed by atoms with Gasteiger partial charge in [-0.05, 0) is 30.9 Å². The number of hydrogen-bond donors (Lipinski definition) is 3. The van der Waals surface area contributed by atoms with Crippen molar-refractivity contribution in [3.8, 4) is 0 Å². The molecule has 1 heterocycles. The van der Waals surface area contributed by atoms with Gasteiger partial charge in [0, 0.05) is 0 Å². The van der Waals surface area contributed by atoms with Crippen LogP contribution in [0.4, 0.5) is 23.7 Å². The summed E-state index contributed by atoms with van der Waals surface area (Å²) >= 11 is 0. The first-order valence-corrected chi connectivity index (χ1v) is 9.50. The second kappa shape index (κ2) is 8.33. The van der Waals surface area contributed by atoms with Gasteiger partial charge in [0.05, 0.1) is 12.2 Å². The van der Waals surface area contributed by atoms with Crippen molar-refractivity contribution in [3.63, 3.8) is 0 Å². The molecule has 30 heavy (non-hydrogen) atoms. The molecule has 0 unspecified atom stereocenters. The van der Waals surface area contributed by atoms with Crippen molar-refractivity contribution in [2.45, 2.75) is 38.1 Å². The highest BCUT2D eigenvalue weighted by molar-refractivity contribution is 6.09. The Morgan fingerprint density at radius 2 is 1.90 bits per heavy atom. The van der Waals surface area contributed by atoms with Crippen LogP contribution < -0.4 is 16.0 Å². The van der Waals surface area contributed by atoms with Gasteiger partial charge < -0.3 is 16.0 Å². The summed E-state index contributed by atoms with van der Waals surface area (Å²) in [5.74, 6) is -6.92. The molecule has 162 valence electrons. The fraction of sp³-hybridized carbons (Fsp3) is 0.474. The van der Waals surface area contributed by atoms with Gasteiger partial charge in [0.1, 0.15) is 12.1 Å². The lowest BCUT2D eigenvalue weighted by Crippen LogP contribution is -2.54. The van der Waals surface area contributed by atoms with Crippen molar-refractivity contribution in [2.75, 3.05) is 18.4 Å². The zero-order valence-corrected chi connectivity index (χ0v) is 16.2. The number of carbonyl (C=O) groups is 4. The third kappa shape index (κ3) is 3.96. The first kappa shape index (κ1) is 21.6. The van der Waals surface area contributed by atoms with Gasteiger partial charge in [-0.1, -0.05) is 19.8 Å². The van der Waals surface area contributed by atoms with Crippen molar-refractivity contribution in [3.05, 3.63) is 29.6 Å². The number of rotatable bonds is 5. The Labute approximate surface area is 170 Å². The lowest BCUT2D eigenvalue weighted by molar-refractivity contribution is -0.137. The molecular weight excluding hydrogens is 405 g/mol. The van der Waals surface area contributed by atoms with Crippen LogP contribution in [0.25, 0.3) is 0 Å². The Morgan fingerprint density at radius 3 is 2.60 bits per heavy atom. The minimum absolute atomic E-state index is 0.0625. The number of hydrogen-bond acceptors (Lipinski definition) is 4. The average Bonchev–Trinajstić information content (AvgIpc) is 2.94. The normalized spacial score (nSPS) is 23.5. The molecule has 0 bridgehead atoms. The molecule has 3 N–H and O–H groups in total. The van der Waals surface area contributed by atoms with Crippen LogP contribution in [-0.2, 0) is 14.4 Å². The Balaban J connectivity index is 1.54. The van der Waals surface area contributed by atoms with Gasteiger partial charge in [0.15, 0.2) is 17.5 Å². The van der Waals surface area contributed by atoms with Crippen molar-refractivity contribution >= 4 is 29.4 Å². The van der Waals surface area contributed by atoms with E-state index in [0.717, 1.165) is 30.2 Å². The summed E-state index contributed by atoms with van der Waals surface area (Å²) in [4.78, 5) is 49.8. The summed E-state index contributed by atoms with van der Waals surface area (Å²) in [5.41, 5.74) is -1.59. The molecule has 8 nitrogen and oxygen atoms in total. The minimum atomic E-state index is -1.73. The number of benzene rings is 1. The molecule has 5 amide bonds. The summed E-state index contributed by atoms with van der Waals surface area (Å²) in [5, 5.41) is 6.91. The van der Waals surface area contributed by atoms with Gasteiger partial charge in [0.2, 0.25) is 11.8 Å². The van der Waals surface area contributed by atoms with Crippen LogP contribution in [0.5, 0.6) is 0 Å². The minimum Gasteiger partial charge on any atom is -0.345 e. The average molecular weight is 426 g/mol. The highest BCUT2D eigenvalue weighted by Crippen LogP contribution is 2.38. The van der Waals surface area contributed by atoms with E-state index in [1.165, 1.54) is 0 Å². The third-order valence-electron chi connectivity index (χ3n) is 5.56. The molecule has 1 saturated heterocycles. The predicted molar refractivity (Wildman–Crippen MR) is 98.6 cm³/mol. The molecule has 2 fully saturated rings. The first-order chi connectivity index (χ1) is 14.2. The molecule has 0 radical (unpaired) electrons. The molecule has 1 aliphatic heterocycles. The van der Waals surface area contributed by atoms with Crippen molar-refractivity contribution in [1.82, 2.24) is 15.5 Å². The molecule has 1 saturated carbocycles. The number of anilines is 1. The molecule has 3 rings (SSSR count). The van der Waals surface area contributed by atoms with E-state index < -0.39 is 65.5 Å². The standard InChI is InChI=1S/C19H21F3N4O4/c1-10-4-2-3-7-19(10)17(29)26(18(30)25-19)9-14(28)23-8-13(27)24-12-6-5-11(20)15(21)16(12)22/h5-6,10H,2-4,7-9H2,1H3,(H,23,28)(H,24,27)(H,25,30)/t10-,19-/m1/s1. The second-order valence-corrected chi connectivity index (χ2v) is 7.49. The van der Waals surface area contributed by atoms with E-state index in [0.29, 0.717) is 12.5 Å². The molecule has 1 aromatic carbocycles. The van der Waals surface area contributed by atoms with Gasteiger partial charge in [-0.25, -0.2) is 18.0 Å². The number of urea groups is 1. The number of imide groups is 1. The van der Waals surface area contributed by atoms with E-state index in [9.17, 15) is 32.3 Å². The van der Waals surface area contributed by atoms with Crippen LogP contribution in [0.15, 0.2) is 12.1 Å². The van der Waals surface area contributed by atoms with Crippen molar-refractivity contribution in [2.24, 2.45) is 5.92 Å². The molecule has 11 heteroatoms. The van der Waals surface area contributed by atoms with Crippen molar-refractivity contribution < 1.29 is 32.3 Å². The number of nitrogens with zero attached hydrogens (tertiary/aromatic N) is 1. The van der Waals surface area contributed by atoms with Crippen LogP contribution in [0.2, 0.25) is 0 Å². The molecule has 1 aromatic rings. The van der Waals surface area contributed by atoms with Gasteiger partial charge in [-0.3, -0.25) is 19.3 Å². The van der Waals surface area contributed by atoms with Crippen LogP contribution in [-0.4, -0.2) is 47.3 Å². The SMILES string of the molecule is C[C@@H]1CCCC[C@@]12NC(=O)N(CC(=O)NCC(=O)Nc1ccc(F)c(F)c1F)C2=O. The van der Waals surface area contributed by atoms with Crippen molar-refractivity contribution in [1.29, 1.82) is 0 Å². The van der Waals surface area contributed by atoms with E-state index >= 15 is 0 Å². The summed E-state index contributed by atoms with van der Waals surface area (Å²) in [6.07, 6.45) is 3.03. The van der Waals surface area contributed by atoms with Gasteiger partial charge in [0.25, 0.3) is 5.91 Å². The van der Waals surface area contributed by atoms with Crippen LogP contribution in [0.3, 0.4) is 0 Å². The molecule has 1 aliphatic carbocycles. The van der Waals surface area contributed by atoms with Crippen LogP contribution in [0, 0.1) is 23.4 Å². The van der Waals surface area contributed by atoms with E-state index in [1.54, 1.807) is 0 Å². The maximum absolute atomic E-state index is 13.6. The Bertz CT molecular complexity index is 910. The zero-order chi connectivity index (χ0) is 22.1. The number of carbonyl (C=O) groups excluding carboxylic acids is 4. The zero-order valence-electron chi connectivity index (χ0n) is 16.2. The summed E-state index contributed by atoms with van der Waals surface area (Å²) in [6, 6.07) is 0.815. The quantitative estimate of drug-likeness (QED) is 0.492. The third-order valence-corrected chi connectivity index (χ3v) is 5.56. The summed E-state index contributed by atoms with van der Waals surface area (Å²) in [7, 11) is 0. The summed E-state index contributed by atoms with van der Waals surface area (Å²) in [6.45, 7) is 0.678. The largest absolute Gasteiger partial charge is 0.345 e. The monoisotopic (exact) mass is 426 g/mol. The number of nitrogens with one attached hydrogen (secondary N) is 3. The van der Waals surface area contributed by atoms with E-state index in [-0.39, 0.29) is 5.92 Å².